The van der Waals surface area contributed by atoms with E-state index in [1.54, 1.807) is 6.07 Å². The minimum absolute atomic E-state index is 0.276. The molecule has 3 heteroatoms. The van der Waals surface area contributed by atoms with Crippen LogP contribution < -0.4 is 5.73 Å². The van der Waals surface area contributed by atoms with Gasteiger partial charge in [0, 0.05) is 0 Å². The summed E-state index contributed by atoms with van der Waals surface area (Å²) in [5.74, 6) is 0.860. The van der Waals surface area contributed by atoms with E-state index in [1.807, 2.05) is 18.2 Å². The lowest BCUT2D eigenvalue weighted by atomic mass is 10.1. The number of hydrogen-bond donors (Lipinski definition) is 1. The molecule has 0 radical (unpaired) electrons. The first-order valence-electron chi connectivity index (χ1n) is 5.14. The maximum Gasteiger partial charge on any atom is 0.337 e. The molecule has 1 aliphatic carbocycles. The number of carbonyl (C=O) groups excluding carboxylic acids is 1. The lowest BCUT2D eigenvalue weighted by molar-refractivity contribution is 0.0600. The molecule has 2 unspecified atom stereocenters. The van der Waals surface area contributed by atoms with E-state index in [1.165, 1.54) is 12.7 Å². The summed E-state index contributed by atoms with van der Waals surface area (Å²) in [7, 11) is 1.40. The fourth-order valence-electron chi connectivity index (χ4n) is 1.93. The van der Waals surface area contributed by atoms with Crippen LogP contribution in [0.25, 0.3) is 0 Å². The second kappa shape index (κ2) is 4.03. The molecule has 15 heavy (non-hydrogen) atoms. The van der Waals surface area contributed by atoms with Crippen LogP contribution in [0.15, 0.2) is 24.3 Å². The van der Waals surface area contributed by atoms with Crippen molar-refractivity contribution < 1.29 is 9.53 Å². The number of hydrogen-bond acceptors (Lipinski definition) is 3. The Labute approximate surface area is 89.2 Å². The summed E-state index contributed by atoms with van der Waals surface area (Å²) < 4.78 is 4.68. The Kier molecular flexibility index (Phi) is 2.73. The third-order valence-corrected chi connectivity index (χ3v) is 2.96. The molecule has 0 bridgehead atoms. The Hall–Kier alpha value is -1.35. The van der Waals surface area contributed by atoms with Crippen molar-refractivity contribution in [1.29, 1.82) is 0 Å². The molecular formula is C12H15NO2. The second-order valence-electron chi connectivity index (χ2n) is 3.96. The minimum atomic E-state index is -0.276. The molecule has 2 rings (SSSR count). The van der Waals surface area contributed by atoms with E-state index in [0.717, 1.165) is 13.0 Å². The van der Waals surface area contributed by atoms with Crippen molar-refractivity contribution in [2.45, 2.75) is 12.3 Å². The van der Waals surface area contributed by atoms with Crippen molar-refractivity contribution >= 4 is 5.97 Å². The molecule has 2 N–H and O–H groups in total. The zero-order valence-corrected chi connectivity index (χ0v) is 8.77. The van der Waals surface area contributed by atoms with Crippen LogP contribution in [-0.4, -0.2) is 19.6 Å². The average Bonchev–Trinajstić information content (AvgIpc) is 3.07. The third kappa shape index (κ3) is 2.02. The first kappa shape index (κ1) is 10.2. The average molecular weight is 205 g/mol. The molecule has 0 aliphatic heterocycles. The molecule has 0 heterocycles. The van der Waals surface area contributed by atoms with Crippen molar-refractivity contribution in [1.82, 2.24) is 0 Å². The summed E-state index contributed by atoms with van der Waals surface area (Å²) in [5.41, 5.74) is 7.42. The van der Waals surface area contributed by atoms with Gasteiger partial charge in [0.25, 0.3) is 0 Å². The van der Waals surface area contributed by atoms with Crippen molar-refractivity contribution in [2.75, 3.05) is 13.7 Å². The maximum absolute atomic E-state index is 11.3. The van der Waals surface area contributed by atoms with Gasteiger partial charge in [-0.15, -0.1) is 0 Å². The van der Waals surface area contributed by atoms with Crippen molar-refractivity contribution in [2.24, 2.45) is 11.7 Å². The van der Waals surface area contributed by atoms with Crippen molar-refractivity contribution in [3.63, 3.8) is 0 Å². The van der Waals surface area contributed by atoms with Gasteiger partial charge in [-0.2, -0.15) is 0 Å². The van der Waals surface area contributed by atoms with Crippen molar-refractivity contribution in [3.8, 4) is 0 Å². The Morgan fingerprint density at radius 2 is 2.40 bits per heavy atom. The molecule has 0 amide bonds. The highest BCUT2D eigenvalue weighted by Gasteiger charge is 2.36. The van der Waals surface area contributed by atoms with E-state index in [9.17, 15) is 4.79 Å². The summed E-state index contributed by atoms with van der Waals surface area (Å²) in [6.45, 7) is 0.729. The summed E-state index contributed by atoms with van der Waals surface area (Å²) in [4.78, 5) is 11.3. The molecule has 1 saturated carbocycles. The lowest BCUT2D eigenvalue weighted by Crippen LogP contribution is -2.03. The number of ether oxygens (including phenoxy) is 1. The van der Waals surface area contributed by atoms with Gasteiger partial charge in [0.15, 0.2) is 0 Å². The Morgan fingerprint density at radius 3 is 3.00 bits per heavy atom. The van der Waals surface area contributed by atoms with Gasteiger partial charge in [-0.05, 0) is 42.5 Å². The van der Waals surface area contributed by atoms with E-state index < -0.39 is 0 Å². The summed E-state index contributed by atoms with van der Waals surface area (Å²) >= 11 is 0. The Balaban J connectivity index is 2.17. The first-order chi connectivity index (χ1) is 7.26. The number of nitrogens with two attached hydrogens (primary N) is 1. The highest BCUT2D eigenvalue weighted by molar-refractivity contribution is 5.89. The summed E-state index contributed by atoms with van der Waals surface area (Å²) in [6, 6.07) is 7.63. The molecular weight excluding hydrogens is 190 g/mol. The van der Waals surface area contributed by atoms with Crippen LogP contribution in [0.3, 0.4) is 0 Å². The van der Waals surface area contributed by atoms with Gasteiger partial charge < -0.3 is 10.5 Å². The second-order valence-corrected chi connectivity index (χ2v) is 3.96. The fraction of sp³-hybridized carbons (Fsp3) is 0.417. The molecule has 80 valence electrons. The van der Waals surface area contributed by atoms with Crippen LogP contribution in [0.1, 0.15) is 28.3 Å². The largest absolute Gasteiger partial charge is 0.465 e. The number of benzene rings is 1. The van der Waals surface area contributed by atoms with Gasteiger partial charge in [0.1, 0.15) is 0 Å². The summed E-state index contributed by atoms with van der Waals surface area (Å²) in [5, 5.41) is 0. The predicted octanol–water partition coefficient (Wildman–Crippen LogP) is 1.54. The van der Waals surface area contributed by atoms with E-state index in [2.05, 4.69) is 4.74 Å². The molecule has 1 aromatic carbocycles. The maximum atomic E-state index is 11.3. The van der Waals surface area contributed by atoms with Crippen LogP contribution >= 0.6 is 0 Å². The quantitative estimate of drug-likeness (QED) is 0.761. The molecule has 2 atom stereocenters. The predicted molar refractivity (Wildman–Crippen MR) is 57.7 cm³/mol. The lowest BCUT2D eigenvalue weighted by Gasteiger charge is -2.03. The normalized spacial score (nSPS) is 23.6. The molecule has 0 spiro atoms. The van der Waals surface area contributed by atoms with Crippen LogP contribution in [-0.2, 0) is 4.74 Å². The molecule has 1 aliphatic rings. The van der Waals surface area contributed by atoms with Crippen LogP contribution in [0.2, 0.25) is 0 Å². The molecule has 0 saturated heterocycles. The fourth-order valence-corrected chi connectivity index (χ4v) is 1.93. The van der Waals surface area contributed by atoms with Gasteiger partial charge in [-0.3, -0.25) is 0 Å². The van der Waals surface area contributed by atoms with Gasteiger partial charge in [-0.25, -0.2) is 4.79 Å². The van der Waals surface area contributed by atoms with Crippen LogP contribution in [0, 0.1) is 5.92 Å². The van der Waals surface area contributed by atoms with Crippen molar-refractivity contribution in [3.05, 3.63) is 35.4 Å². The van der Waals surface area contributed by atoms with Gasteiger partial charge >= 0.3 is 5.97 Å². The molecule has 0 aromatic heterocycles. The number of carbonyl (C=O) groups is 1. The monoisotopic (exact) mass is 205 g/mol. The standard InChI is InChI=1S/C12H15NO2/c1-15-12(14)9-4-2-3-8(5-9)11-6-10(11)7-13/h2-5,10-11H,6-7,13H2,1H3. The van der Waals surface area contributed by atoms with E-state index in [4.69, 9.17) is 5.73 Å². The zero-order chi connectivity index (χ0) is 10.8. The highest BCUT2D eigenvalue weighted by Crippen LogP contribution is 2.46. The van der Waals surface area contributed by atoms with E-state index >= 15 is 0 Å². The first-order valence-corrected chi connectivity index (χ1v) is 5.14. The smallest absolute Gasteiger partial charge is 0.337 e. The highest BCUT2D eigenvalue weighted by atomic mass is 16.5. The topological polar surface area (TPSA) is 52.3 Å². The number of methoxy groups -OCH3 is 1. The van der Waals surface area contributed by atoms with Crippen LogP contribution in [0.4, 0.5) is 0 Å². The van der Waals surface area contributed by atoms with Gasteiger partial charge in [0.05, 0.1) is 12.7 Å². The Morgan fingerprint density at radius 1 is 1.60 bits per heavy atom. The summed E-state index contributed by atoms with van der Waals surface area (Å²) in [6.07, 6.45) is 1.14. The molecule has 1 fully saturated rings. The van der Waals surface area contributed by atoms with Crippen LogP contribution in [0.5, 0.6) is 0 Å². The van der Waals surface area contributed by atoms with E-state index in [-0.39, 0.29) is 5.97 Å². The molecule has 1 aromatic rings. The number of esters is 1. The Bertz CT molecular complexity index is 376. The number of rotatable bonds is 3. The third-order valence-electron chi connectivity index (χ3n) is 2.96. The minimum Gasteiger partial charge on any atom is -0.465 e. The van der Waals surface area contributed by atoms with Gasteiger partial charge in [-0.1, -0.05) is 12.1 Å². The molecule has 3 nitrogen and oxygen atoms in total. The SMILES string of the molecule is COC(=O)c1cccc(C2CC2CN)c1. The zero-order valence-electron chi connectivity index (χ0n) is 8.77. The van der Waals surface area contributed by atoms with Gasteiger partial charge in [0.2, 0.25) is 0 Å². The van der Waals surface area contributed by atoms with E-state index in [0.29, 0.717) is 17.4 Å².